The molecule has 116 valence electrons. The van der Waals surface area contributed by atoms with Crippen LogP contribution in [0.2, 0.25) is 5.02 Å². The molecule has 2 aromatic carbocycles. The molecular formula is C19H23ClN2. The monoisotopic (exact) mass is 314 g/mol. The maximum Gasteiger partial charge on any atom is 0.0406 e. The van der Waals surface area contributed by atoms with Crippen LogP contribution in [0.4, 0.5) is 0 Å². The molecule has 2 aromatic rings. The summed E-state index contributed by atoms with van der Waals surface area (Å²) in [5.74, 6) is 0. The van der Waals surface area contributed by atoms with E-state index in [1.54, 1.807) is 0 Å². The number of benzene rings is 2. The Hall–Kier alpha value is -1.35. The summed E-state index contributed by atoms with van der Waals surface area (Å²) >= 11 is 6.01. The summed E-state index contributed by atoms with van der Waals surface area (Å²) in [4.78, 5) is 2.53. The van der Waals surface area contributed by atoms with E-state index >= 15 is 0 Å². The molecule has 1 aliphatic heterocycles. The molecule has 0 aliphatic carbocycles. The molecule has 0 atom stereocenters. The molecule has 0 bridgehead atoms. The highest BCUT2D eigenvalue weighted by atomic mass is 35.5. The maximum atomic E-state index is 6.15. The first-order chi connectivity index (χ1) is 10.7. The lowest BCUT2D eigenvalue weighted by Crippen LogP contribution is -2.46. The van der Waals surface area contributed by atoms with Gasteiger partial charge in [-0.15, -0.1) is 0 Å². The molecule has 1 aliphatic rings. The Morgan fingerprint density at radius 2 is 1.59 bits per heavy atom. The van der Waals surface area contributed by atoms with Gasteiger partial charge in [0.25, 0.3) is 0 Å². The van der Waals surface area contributed by atoms with E-state index in [2.05, 4.69) is 47.4 Å². The molecule has 3 rings (SSSR count). The maximum absolute atomic E-state index is 6.15. The fourth-order valence-corrected chi connectivity index (χ4v) is 3.52. The first kappa shape index (κ1) is 15.5. The van der Waals surface area contributed by atoms with Crippen LogP contribution in [0.3, 0.4) is 0 Å². The van der Waals surface area contributed by atoms with Crippen molar-refractivity contribution in [3.8, 4) is 0 Å². The fraction of sp³-hybridized carbons (Fsp3) is 0.368. The quantitative estimate of drug-likeness (QED) is 0.929. The SMILES string of the molecule is NCC1(c2ccc(Cl)cc2)CCN(Cc2ccccc2)CC1. The van der Waals surface area contributed by atoms with Gasteiger partial charge in [-0.3, -0.25) is 4.90 Å². The minimum absolute atomic E-state index is 0.109. The zero-order valence-electron chi connectivity index (χ0n) is 12.8. The number of hydrogen-bond donors (Lipinski definition) is 1. The van der Waals surface area contributed by atoms with E-state index in [0.29, 0.717) is 6.54 Å². The molecule has 0 amide bonds. The second-order valence-electron chi connectivity index (χ2n) is 6.25. The molecule has 1 saturated heterocycles. The largest absolute Gasteiger partial charge is 0.330 e. The van der Waals surface area contributed by atoms with E-state index in [0.717, 1.165) is 37.5 Å². The summed E-state index contributed by atoms with van der Waals surface area (Å²) in [6.45, 7) is 3.92. The van der Waals surface area contributed by atoms with E-state index < -0.39 is 0 Å². The lowest BCUT2D eigenvalue weighted by molar-refractivity contribution is 0.156. The van der Waals surface area contributed by atoms with Crippen LogP contribution >= 0.6 is 11.6 Å². The summed E-state index contributed by atoms with van der Waals surface area (Å²) in [5, 5.41) is 0.789. The Morgan fingerprint density at radius 1 is 0.955 bits per heavy atom. The van der Waals surface area contributed by atoms with Crippen molar-refractivity contribution in [2.24, 2.45) is 5.73 Å². The molecule has 3 heteroatoms. The highest BCUT2D eigenvalue weighted by Gasteiger charge is 2.34. The molecule has 1 fully saturated rings. The second kappa shape index (κ2) is 6.82. The standard InChI is InChI=1S/C19H23ClN2/c20-18-8-6-17(7-9-18)19(15-21)10-12-22(13-11-19)14-16-4-2-1-3-5-16/h1-9H,10-15,21H2. The lowest BCUT2D eigenvalue weighted by atomic mass is 9.73. The van der Waals surface area contributed by atoms with Gasteiger partial charge in [-0.05, 0) is 49.2 Å². The summed E-state index contributed by atoms with van der Waals surface area (Å²) in [5.41, 5.74) is 8.98. The number of nitrogens with zero attached hydrogens (tertiary/aromatic N) is 1. The van der Waals surface area contributed by atoms with Crippen molar-refractivity contribution in [2.75, 3.05) is 19.6 Å². The molecule has 0 saturated carbocycles. The van der Waals surface area contributed by atoms with Crippen LogP contribution in [-0.2, 0) is 12.0 Å². The molecular weight excluding hydrogens is 292 g/mol. The van der Waals surface area contributed by atoms with Gasteiger partial charge in [0.1, 0.15) is 0 Å². The zero-order chi connectivity index (χ0) is 15.4. The zero-order valence-corrected chi connectivity index (χ0v) is 13.6. The van der Waals surface area contributed by atoms with Crippen molar-refractivity contribution in [1.82, 2.24) is 4.90 Å². The molecule has 1 heterocycles. The summed E-state index contributed by atoms with van der Waals surface area (Å²) < 4.78 is 0. The van der Waals surface area contributed by atoms with Crippen LogP contribution in [0.1, 0.15) is 24.0 Å². The fourth-order valence-electron chi connectivity index (χ4n) is 3.39. The number of piperidine rings is 1. The molecule has 0 unspecified atom stereocenters. The topological polar surface area (TPSA) is 29.3 Å². The number of rotatable bonds is 4. The first-order valence-electron chi connectivity index (χ1n) is 7.94. The van der Waals surface area contributed by atoms with Crippen LogP contribution in [0.25, 0.3) is 0 Å². The smallest absolute Gasteiger partial charge is 0.0406 e. The Balaban J connectivity index is 1.67. The van der Waals surface area contributed by atoms with Gasteiger partial charge >= 0.3 is 0 Å². The molecule has 2 N–H and O–H groups in total. The minimum atomic E-state index is 0.109. The Labute approximate surface area is 137 Å². The normalized spacial score (nSPS) is 18.3. The van der Waals surface area contributed by atoms with Crippen LogP contribution in [-0.4, -0.2) is 24.5 Å². The third-order valence-corrected chi connectivity index (χ3v) is 5.16. The highest BCUT2D eigenvalue weighted by molar-refractivity contribution is 6.30. The van der Waals surface area contributed by atoms with Gasteiger partial charge in [0.15, 0.2) is 0 Å². The Kier molecular flexibility index (Phi) is 4.82. The minimum Gasteiger partial charge on any atom is -0.330 e. The van der Waals surface area contributed by atoms with Crippen molar-refractivity contribution < 1.29 is 0 Å². The predicted molar refractivity (Wildman–Crippen MR) is 93.1 cm³/mol. The third kappa shape index (κ3) is 3.35. The molecule has 0 radical (unpaired) electrons. The van der Waals surface area contributed by atoms with Crippen molar-refractivity contribution in [2.45, 2.75) is 24.8 Å². The van der Waals surface area contributed by atoms with Gasteiger partial charge in [-0.2, -0.15) is 0 Å². The van der Waals surface area contributed by atoms with Crippen LogP contribution < -0.4 is 5.73 Å². The molecule has 0 spiro atoms. The number of likely N-dealkylation sites (tertiary alicyclic amines) is 1. The van der Waals surface area contributed by atoms with Crippen molar-refractivity contribution in [3.05, 3.63) is 70.7 Å². The lowest BCUT2D eigenvalue weighted by Gasteiger charge is -2.41. The van der Waals surface area contributed by atoms with Gasteiger partial charge in [0, 0.05) is 23.5 Å². The average molecular weight is 315 g/mol. The summed E-state index contributed by atoms with van der Waals surface area (Å²) in [6.07, 6.45) is 2.22. The van der Waals surface area contributed by atoms with Gasteiger partial charge in [-0.1, -0.05) is 54.1 Å². The predicted octanol–water partition coefficient (Wildman–Crippen LogP) is 3.83. The second-order valence-corrected chi connectivity index (χ2v) is 6.69. The van der Waals surface area contributed by atoms with E-state index in [1.165, 1.54) is 11.1 Å². The molecule has 2 nitrogen and oxygen atoms in total. The summed E-state index contributed by atoms with van der Waals surface area (Å²) in [7, 11) is 0. The van der Waals surface area contributed by atoms with Crippen molar-refractivity contribution in [1.29, 1.82) is 0 Å². The average Bonchev–Trinajstić information content (AvgIpc) is 2.57. The molecule has 22 heavy (non-hydrogen) atoms. The van der Waals surface area contributed by atoms with E-state index in [1.807, 2.05) is 12.1 Å². The van der Waals surface area contributed by atoms with Gasteiger partial charge in [-0.25, -0.2) is 0 Å². The third-order valence-electron chi connectivity index (χ3n) is 4.91. The van der Waals surface area contributed by atoms with Crippen molar-refractivity contribution >= 4 is 11.6 Å². The summed E-state index contributed by atoms with van der Waals surface area (Å²) in [6, 6.07) is 18.9. The van der Waals surface area contributed by atoms with Gasteiger partial charge in [0.2, 0.25) is 0 Å². The van der Waals surface area contributed by atoms with E-state index in [4.69, 9.17) is 17.3 Å². The highest BCUT2D eigenvalue weighted by Crippen LogP contribution is 2.35. The van der Waals surface area contributed by atoms with Crippen LogP contribution in [0, 0.1) is 0 Å². The van der Waals surface area contributed by atoms with Gasteiger partial charge < -0.3 is 5.73 Å². The van der Waals surface area contributed by atoms with E-state index in [-0.39, 0.29) is 5.41 Å². The number of nitrogens with two attached hydrogens (primary N) is 1. The van der Waals surface area contributed by atoms with Crippen molar-refractivity contribution in [3.63, 3.8) is 0 Å². The van der Waals surface area contributed by atoms with E-state index in [9.17, 15) is 0 Å². The Morgan fingerprint density at radius 3 is 2.18 bits per heavy atom. The molecule has 0 aromatic heterocycles. The first-order valence-corrected chi connectivity index (χ1v) is 8.32. The van der Waals surface area contributed by atoms with Gasteiger partial charge in [0.05, 0.1) is 0 Å². The number of hydrogen-bond acceptors (Lipinski definition) is 2. The van der Waals surface area contributed by atoms with Crippen LogP contribution in [0.15, 0.2) is 54.6 Å². The van der Waals surface area contributed by atoms with Crippen LogP contribution in [0.5, 0.6) is 0 Å². The number of halogens is 1. The Bertz CT molecular complexity index is 587.